The number of Topliss-reactive ketones (excluding diaryl/α,β-unsaturated/α-hetero) is 1. The van der Waals surface area contributed by atoms with Gasteiger partial charge in [-0.25, -0.2) is 9.37 Å². The van der Waals surface area contributed by atoms with E-state index >= 15 is 0 Å². The Bertz CT molecular complexity index is 890. The first-order valence-corrected chi connectivity index (χ1v) is 8.43. The van der Waals surface area contributed by atoms with Gasteiger partial charge >= 0.3 is 0 Å². The van der Waals surface area contributed by atoms with Gasteiger partial charge in [0.2, 0.25) is 5.78 Å². The quantitative estimate of drug-likeness (QED) is 0.621. The number of hydrogen-bond donors (Lipinski definition) is 0. The van der Waals surface area contributed by atoms with Crippen molar-refractivity contribution in [3.05, 3.63) is 63.6 Å². The van der Waals surface area contributed by atoms with E-state index < -0.39 is 5.82 Å². The number of carbonyl (C=O) groups is 1. The number of benzene rings is 1. The van der Waals surface area contributed by atoms with Crippen LogP contribution in [0.1, 0.15) is 21.7 Å². The van der Waals surface area contributed by atoms with Crippen molar-refractivity contribution in [1.29, 1.82) is 0 Å². The SMILES string of the molecule is Cc1cc(C(=O)COc2ccc(F)c(Cl)c2)c(C)n1-c1nccs1. The smallest absolute Gasteiger partial charge is 0.202 e. The zero-order valence-electron chi connectivity index (χ0n) is 13.0. The Morgan fingerprint density at radius 2 is 2.17 bits per heavy atom. The van der Waals surface area contributed by atoms with Crippen molar-refractivity contribution in [3.8, 4) is 10.9 Å². The van der Waals surface area contributed by atoms with E-state index in [0.29, 0.717) is 11.3 Å². The topological polar surface area (TPSA) is 44.1 Å². The van der Waals surface area contributed by atoms with Crippen molar-refractivity contribution >= 4 is 28.7 Å². The van der Waals surface area contributed by atoms with Gasteiger partial charge in [0.25, 0.3) is 0 Å². The third-order valence-corrected chi connectivity index (χ3v) is 4.65. The van der Waals surface area contributed by atoms with Crippen molar-refractivity contribution < 1.29 is 13.9 Å². The normalized spacial score (nSPS) is 10.8. The highest BCUT2D eigenvalue weighted by atomic mass is 35.5. The number of ketones is 1. The highest BCUT2D eigenvalue weighted by Gasteiger charge is 2.18. The molecule has 2 aromatic heterocycles. The Kier molecular flexibility index (Phi) is 4.69. The number of nitrogens with zero attached hydrogens (tertiary/aromatic N) is 2. The summed E-state index contributed by atoms with van der Waals surface area (Å²) in [6, 6.07) is 5.81. The Morgan fingerprint density at radius 1 is 1.38 bits per heavy atom. The van der Waals surface area contributed by atoms with Gasteiger partial charge in [-0.15, -0.1) is 11.3 Å². The third kappa shape index (κ3) is 3.20. The van der Waals surface area contributed by atoms with Crippen LogP contribution in [0.2, 0.25) is 5.02 Å². The molecule has 0 aliphatic rings. The summed E-state index contributed by atoms with van der Waals surface area (Å²) < 4.78 is 20.5. The molecule has 24 heavy (non-hydrogen) atoms. The summed E-state index contributed by atoms with van der Waals surface area (Å²) in [4.78, 5) is 16.7. The molecule has 124 valence electrons. The lowest BCUT2D eigenvalue weighted by atomic mass is 10.1. The Hall–Kier alpha value is -2.18. The highest BCUT2D eigenvalue weighted by molar-refractivity contribution is 7.12. The molecule has 0 bridgehead atoms. The lowest BCUT2D eigenvalue weighted by Gasteiger charge is -2.07. The first-order chi connectivity index (χ1) is 11.5. The first-order valence-electron chi connectivity index (χ1n) is 7.17. The van der Waals surface area contributed by atoms with E-state index in [-0.39, 0.29) is 17.4 Å². The summed E-state index contributed by atoms with van der Waals surface area (Å²) >= 11 is 7.21. The summed E-state index contributed by atoms with van der Waals surface area (Å²) in [6.07, 6.45) is 1.72. The Balaban J connectivity index is 1.78. The average molecular weight is 365 g/mol. The summed E-state index contributed by atoms with van der Waals surface area (Å²) in [5, 5.41) is 2.66. The number of rotatable bonds is 5. The number of aryl methyl sites for hydroxylation is 1. The monoisotopic (exact) mass is 364 g/mol. The van der Waals surface area contributed by atoms with E-state index in [0.717, 1.165) is 16.5 Å². The zero-order chi connectivity index (χ0) is 17.3. The molecule has 0 atom stereocenters. The molecule has 0 N–H and O–H groups in total. The van der Waals surface area contributed by atoms with Crippen LogP contribution in [0.15, 0.2) is 35.8 Å². The predicted octanol–water partition coefficient (Wildman–Crippen LogP) is 4.60. The van der Waals surface area contributed by atoms with Gasteiger partial charge in [0.05, 0.1) is 5.02 Å². The van der Waals surface area contributed by atoms with Crippen LogP contribution in [0.4, 0.5) is 4.39 Å². The van der Waals surface area contributed by atoms with Gasteiger partial charge in [0.15, 0.2) is 11.7 Å². The van der Waals surface area contributed by atoms with E-state index in [1.54, 1.807) is 6.20 Å². The molecule has 0 aliphatic carbocycles. The molecule has 0 fully saturated rings. The molecule has 0 aliphatic heterocycles. The second-order valence-electron chi connectivity index (χ2n) is 5.22. The Labute approximate surface area is 147 Å². The third-order valence-electron chi connectivity index (χ3n) is 3.60. The van der Waals surface area contributed by atoms with Crippen molar-refractivity contribution in [2.45, 2.75) is 13.8 Å². The van der Waals surface area contributed by atoms with Crippen LogP contribution in [0, 0.1) is 19.7 Å². The molecule has 2 heterocycles. The van der Waals surface area contributed by atoms with E-state index in [4.69, 9.17) is 16.3 Å². The van der Waals surface area contributed by atoms with Gasteiger partial charge in [-0.2, -0.15) is 0 Å². The molecule has 7 heteroatoms. The molecular formula is C17H14ClFN2O2S. The first kappa shape index (κ1) is 16.7. The maximum Gasteiger partial charge on any atom is 0.202 e. The number of halogens is 2. The minimum Gasteiger partial charge on any atom is -0.485 e. The van der Waals surface area contributed by atoms with Gasteiger partial charge in [0, 0.05) is 34.6 Å². The van der Waals surface area contributed by atoms with E-state index in [1.165, 1.54) is 29.5 Å². The molecule has 0 spiro atoms. The number of carbonyl (C=O) groups excluding carboxylic acids is 1. The number of aromatic nitrogens is 2. The molecular weight excluding hydrogens is 351 g/mol. The van der Waals surface area contributed by atoms with Crippen LogP contribution < -0.4 is 4.74 Å². The van der Waals surface area contributed by atoms with Crippen molar-refractivity contribution in [1.82, 2.24) is 9.55 Å². The largest absolute Gasteiger partial charge is 0.485 e. The van der Waals surface area contributed by atoms with Crippen LogP contribution >= 0.6 is 22.9 Å². The lowest BCUT2D eigenvalue weighted by Crippen LogP contribution is -2.12. The standard InChI is InChI=1S/C17H14ClFN2O2S/c1-10-7-13(11(2)21(10)17-20-5-6-24-17)16(22)9-23-12-3-4-15(19)14(18)8-12/h3-8H,9H2,1-2H3. The maximum absolute atomic E-state index is 13.1. The second-order valence-corrected chi connectivity index (χ2v) is 6.50. The fourth-order valence-electron chi connectivity index (χ4n) is 2.46. The van der Waals surface area contributed by atoms with Gasteiger partial charge in [-0.1, -0.05) is 11.6 Å². The van der Waals surface area contributed by atoms with Crippen LogP contribution in [0.25, 0.3) is 5.13 Å². The van der Waals surface area contributed by atoms with Gasteiger partial charge in [0.1, 0.15) is 11.6 Å². The van der Waals surface area contributed by atoms with E-state index in [2.05, 4.69) is 4.98 Å². The number of hydrogen-bond acceptors (Lipinski definition) is 4. The van der Waals surface area contributed by atoms with Gasteiger partial charge in [-0.05, 0) is 32.0 Å². The summed E-state index contributed by atoms with van der Waals surface area (Å²) in [7, 11) is 0. The van der Waals surface area contributed by atoms with Crippen molar-refractivity contribution in [2.75, 3.05) is 6.61 Å². The lowest BCUT2D eigenvalue weighted by molar-refractivity contribution is 0.0921. The minimum absolute atomic E-state index is 0.0399. The van der Waals surface area contributed by atoms with Crippen molar-refractivity contribution in [3.63, 3.8) is 0 Å². The molecule has 0 unspecified atom stereocenters. The Morgan fingerprint density at radius 3 is 2.83 bits per heavy atom. The summed E-state index contributed by atoms with van der Waals surface area (Å²) in [5.74, 6) is -0.336. The summed E-state index contributed by atoms with van der Waals surface area (Å²) in [5.41, 5.74) is 2.32. The van der Waals surface area contributed by atoms with Crippen LogP contribution in [0.3, 0.4) is 0 Å². The highest BCUT2D eigenvalue weighted by Crippen LogP contribution is 2.24. The van der Waals surface area contributed by atoms with Crippen LogP contribution in [-0.2, 0) is 0 Å². The minimum atomic E-state index is -0.526. The molecule has 3 aromatic rings. The molecule has 4 nitrogen and oxygen atoms in total. The maximum atomic E-state index is 13.1. The number of ether oxygens (including phenoxy) is 1. The van der Waals surface area contributed by atoms with Crippen LogP contribution in [0.5, 0.6) is 5.75 Å². The fourth-order valence-corrected chi connectivity index (χ4v) is 3.38. The van der Waals surface area contributed by atoms with E-state index in [9.17, 15) is 9.18 Å². The van der Waals surface area contributed by atoms with Gasteiger partial charge in [-0.3, -0.25) is 9.36 Å². The predicted molar refractivity (Wildman–Crippen MR) is 92.2 cm³/mol. The van der Waals surface area contributed by atoms with Crippen LogP contribution in [-0.4, -0.2) is 21.9 Å². The van der Waals surface area contributed by atoms with Gasteiger partial charge < -0.3 is 4.74 Å². The van der Waals surface area contributed by atoms with E-state index in [1.807, 2.05) is 29.9 Å². The molecule has 0 radical (unpaired) electrons. The molecule has 0 saturated heterocycles. The molecule has 0 amide bonds. The second kappa shape index (κ2) is 6.75. The molecule has 1 aromatic carbocycles. The molecule has 3 rings (SSSR count). The average Bonchev–Trinajstić information content (AvgIpc) is 3.16. The fraction of sp³-hybridized carbons (Fsp3) is 0.176. The number of thiazole rings is 1. The summed E-state index contributed by atoms with van der Waals surface area (Å²) in [6.45, 7) is 3.65. The molecule has 0 saturated carbocycles. The van der Waals surface area contributed by atoms with Crippen molar-refractivity contribution in [2.24, 2.45) is 0 Å². The zero-order valence-corrected chi connectivity index (χ0v) is 14.6.